The fraction of sp³-hybridized carbons (Fsp3) is 0.533. The molecule has 0 aliphatic heterocycles. The highest BCUT2D eigenvalue weighted by molar-refractivity contribution is 5.75. The predicted octanol–water partition coefficient (Wildman–Crippen LogP) is 4.12. The fourth-order valence-corrected chi connectivity index (χ4v) is 1.88. The van der Waals surface area contributed by atoms with Gasteiger partial charge < -0.3 is 9.30 Å². The summed E-state index contributed by atoms with van der Waals surface area (Å²) in [6.45, 7) is 4.53. The summed E-state index contributed by atoms with van der Waals surface area (Å²) in [5, 5.41) is 0. The minimum Gasteiger partial charge on any atom is -0.329 e. The van der Waals surface area contributed by atoms with Gasteiger partial charge in [-0.15, -0.1) is 0 Å². The average molecular weight is 282 g/mol. The molecule has 0 N–H and O–H groups in total. The van der Waals surface area contributed by atoms with E-state index in [1.165, 1.54) is 13.8 Å². The number of imidazole rings is 1. The first-order chi connectivity index (χ1) is 9.28. The minimum atomic E-state index is -3.18. The molecule has 2 rings (SSSR count). The number of alkyl halides is 2. The summed E-state index contributed by atoms with van der Waals surface area (Å²) in [6.07, 6.45) is -2.84. The zero-order valence-corrected chi connectivity index (χ0v) is 12.3. The molecule has 0 saturated heterocycles. The number of benzene rings is 1. The van der Waals surface area contributed by atoms with Gasteiger partial charge in [-0.3, -0.25) is 0 Å². The van der Waals surface area contributed by atoms with Crippen molar-refractivity contribution >= 4 is 11.0 Å². The lowest BCUT2D eigenvalue weighted by Gasteiger charge is -2.32. The van der Waals surface area contributed by atoms with Crippen molar-refractivity contribution in [1.29, 1.82) is 0 Å². The molecule has 3 nitrogen and oxygen atoms in total. The van der Waals surface area contributed by atoms with Crippen LogP contribution in [0, 0.1) is 5.41 Å². The maximum absolute atomic E-state index is 14.0. The molecule has 0 amide bonds. The van der Waals surface area contributed by atoms with Crippen LogP contribution in [0.3, 0.4) is 0 Å². The molecule has 0 saturated carbocycles. The molecule has 1 aromatic carbocycles. The van der Waals surface area contributed by atoms with Crippen molar-refractivity contribution in [3.8, 4) is 0 Å². The van der Waals surface area contributed by atoms with Crippen molar-refractivity contribution < 1.29 is 13.5 Å². The number of ether oxygens (including phenoxy) is 1. The highest BCUT2D eigenvalue weighted by atomic mass is 19.3. The third-order valence-corrected chi connectivity index (χ3v) is 3.93. The highest BCUT2D eigenvalue weighted by Gasteiger charge is 2.46. The summed E-state index contributed by atoms with van der Waals surface area (Å²) in [5.41, 5.74) is 0.494. The number of halogens is 2. The predicted molar refractivity (Wildman–Crippen MR) is 74.5 cm³/mol. The summed E-state index contributed by atoms with van der Waals surface area (Å²) in [4.78, 5) is 4.33. The first kappa shape index (κ1) is 14.9. The van der Waals surface area contributed by atoms with Crippen LogP contribution in [0.4, 0.5) is 8.78 Å². The van der Waals surface area contributed by atoms with Gasteiger partial charge in [-0.1, -0.05) is 32.9 Å². The number of hydrogen-bond acceptors (Lipinski definition) is 2. The second-order valence-electron chi connectivity index (χ2n) is 5.62. The van der Waals surface area contributed by atoms with Crippen LogP contribution < -0.4 is 0 Å². The number of nitrogens with zero attached hydrogens (tertiary/aromatic N) is 2. The second-order valence-corrected chi connectivity index (χ2v) is 5.62. The van der Waals surface area contributed by atoms with Gasteiger partial charge in [-0.2, -0.15) is 8.78 Å². The Labute approximate surface area is 117 Å². The van der Waals surface area contributed by atoms with E-state index in [1.807, 2.05) is 24.3 Å². The number of aryl methyl sites for hydroxylation is 1. The van der Waals surface area contributed by atoms with E-state index in [0.717, 1.165) is 11.0 Å². The zero-order valence-electron chi connectivity index (χ0n) is 12.3. The van der Waals surface area contributed by atoms with E-state index in [-0.39, 0.29) is 6.61 Å². The van der Waals surface area contributed by atoms with Crippen LogP contribution in [-0.2, 0) is 18.4 Å². The van der Waals surface area contributed by atoms with E-state index in [9.17, 15) is 8.78 Å². The molecule has 0 bridgehead atoms. The molecule has 0 atom stereocenters. The normalized spacial score (nSPS) is 13.1. The van der Waals surface area contributed by atoms with Crippen LogP contribution in [0.5, 0.6) is 0 Å². The number of fused-ring (bicyclic) bond motifs is 1. The maximum atomic E-state index is 14.0. The van der Waals surface area contributed by atoms with E-state index in [1.54, 1.807) is 18.5 Å². The van der Waals surface area contributed by atoms with Gasteiger partial charge in [-0.05, 0) is 18.6 Å². The van der Waals surface area contributed by atoms with Crippen molar-refractivity contribution in [2.45, 2.75) is 39.9 Å². The summed E-state index contributed by atoms with van der Waals surface area (Å²) in [5.74, 6) is 0.498. The Morgan fingerprint density at radius 2 is 1.90 bits per heavy atom. The van der Waals surface area contributed by atoms with Gasteiger partial charge in [0.25, 0.3) is 0 Å². The SMILES string of the molecule is CCC(C)(C)C(F)(F)OCc1nc2ccccc2n1C. The summed E-state index contributed by atoms with van der Waals surface area (Å²) >= 11 is 0. The van der Waals surface area contributed by atoms with Gasteiger partial charge in [0.1, 0.15) is 12.4 Å². The van der Waals surface area contributed by atoms with Gasteiger partial charge in [0.05, 0.1) is 16.4 Å². The molecule has 110 valence electrons. The highest BCUT2D eigenvalue weighted by Crippen LogP contribution is 2.40. The van der Waals surface area contributed by atoms with Crippen LogP contribution in [0.15, 0.2) is 24.3 Å². The molecule has 1 aromatic heterocycles. The molecule has 0 spiro atoms. The molecule has 0 unspecified atom stereocenters. The smallest absolute Gasteiger partial charge is 0.329 e. The van der Waals surface area contributed by atoms with E-state index < -0.39 is 11.5 Å². The Morgan fingerprint density at radius 3 is 2.50 bits per heavy atom. The molecule has 0 aliphatic carbocycles. The fourth-order valence-electron chi connectivity index (χ4n) is 1.88. The van der Waals surface area contributed by atoms with Gasteiger partial charge >= 0.3 is 6.11 Å². The Hall–Kier alpha value is -1.49. The van der Waals surface area contributed by atoms with E-state index in [4.69, 9.17) is 4.74 Å². The largest absolute Gasteiger partial charge is 0.361 e. The second kappa shape index (κ2) is 5.13. The van der Waals surface area contributed by atoms with Crippen LogP contribution in [0.2, 0.25) is 0 Å². The van der Waals surface area contributed by atoms with Crippen molar-refractivity contribution in [2.75, 3.05) is 0 Å². The Balaban J connectivity index is 2.19. The number of rotatable bonds is 5. The van der Waals surface area contributed by atoms with Crippen molar-refractivity contribution in [1.82, 2.24) is 9.55 Å². The van der Waals surface area contributed by atoms with E-state index in [0.29, 0.717) is 12.2 Å². The summed E-state index contributed by atoms with van der Waals surface area (Å²) in [7, 11) is 1.80. The lowest BCUT2D eigenvalue weighted by atomic mass is 9.89. The Morgan fingerprint density at radius 1 is 1.25 bits per heavy atom. The quantitative estimate of drug-likeness (QED) is 0.825. The first-order valence-electron chi connectivity index (χ1n) is 6.70. The molecule has 2 aromatic rings. The Kier molecular flexibility index (Phi) is 3.82. The molecule has 0 aliphatic rings. The van der Waals surface area contributed by atoms with Gasteiger partial charge in [0.2, 0.25) is 0 Å². The molecule has 5 heteroatoms. The van der Waals surface area contributed by atoms with Crippen LogP contribution >= 0.6 is 0 Å². The molecular weight excluding hydrogens is 262 g/mol. The van der Waals surface area contributed by atoms with Crippen molar-refractivity contribution in [3.05, 3.63) is 30.1 Å². The van der Waals surface area contributed by atoms with Gasteiger partial charge in [-0.25, -0.2) is 4.98 Å². The molecule has 1 heterocycles. The zero-order chi connectivity index (χ0) is 15.0. The first-order valence-corrected chi connectivity index (χ1v) is 6.70. The van der Waals surface area contributed by atoms with Gasteiger partial charge in [0, 0.05) is 7.05 Å². The standard InChI is InChI=1S/C15H20F2N2O/c1-5-14(2,3)15(16,17)20-10-13-18-11-8-6-7-9-12(11)19(13)4/h6-9H,5,10H2,1-4H3. The molecular formula is C15H20F2N2O. The van der Waals surface area contributed by atoms with Crippen LogP contribution in [-0.4, -0.2) is 15.7 Å². The third-order valence-electron chi connectivity index (χ3n) is 3.93. The number of para-hydroxylation sites is 2. The van der Waals surface area contributed by atoms with Crippen molar-refractivity contribution in [3.63, 3.8) is 0 Å². The van der Waals surface area contributed by atoms with E-state index >= 15 is 0 Å². The average Bonchev–Trinajstić information content (AvgIpc) is 2.74. The topological polar surface area (TPSA) is 27.1 Å². The van der Waals surface area contributed by atoms with Crippen molar-refractivity contribution in [2.24, 2.45) is 12.5 Å². The molecule has 0 radical (unpaired) electrons. The maximum Gasteiger partial charge on any atom is 0.361 e. The monoisotopic (exact) mass is 282 g/mol. The number of hydrogen-bond donors (Lipinski definition) is 0. The van der Waals surface area contributed by atoms with Crippen LogP contribution in [0.25, 0.3) is 11.0 Å². The summed E-state index contributed by atoms with van der Waals surface area (Å²) in [6, 6.07) is 7.52. The van der Waals surface area contributed by atoms with Gasteiger partial charge in [0.15, 0.2) is 0 Å². The lowest BCUT2D eigenvalue weighted by molar-refractivity contribution is -0.306. The van der Waals surface area contributed by atoms with Crippen LogP contribution in [0.1, 0.15) is 33.0 Å². The summed E-state index contributed by atoms with van der Waals surface area (Å²) < 4.78 is 34.7. The number of aromatic nitrogens is 2. The molecule has 20 heavy (non-hydrogen) atoms. The minimum absolute atomic E-state index is 0.207. The lowest BCUT2D eigenvalue weighted by Crippen LogP contribution is -2.38. The van der Waals surface area contributed by atoms with E-state index in [2.05, 4.69) is 4.98 Å². The Bertz CT molecular complexity index is 605. The third kappa shape index (κ3) is 2.54. The molecule has 0 fully saturated rings.